The van der Waals surface area contributed by atoms with Crippen LogP contribution >= 0.6 is 0 Å². The normalized spacial score (nSPS) is 10.3. The number of carbonyl (C=O) groups excluding carboxylic acids is 1. The molecule has 0 atom stereocenters. The summed E-state index contributed by atoms with van der Waals surface area (Å²) in [5.41, 5.74) is 2.15. The monoisotopic (exact) mass is 238 g/mol. The fraction of sp³-hybridized carbons (Fsp3) is 0.500. The van der Waals surface area contributed by atoms with E-state index in [1.807, 2.05) is 13.0 Å². The summed E-state index contributed by atoms with van der Waals surface area (Å²) in [6.45, 7) is 4.25. The number of ether oxygens (including phenoxy) is 1. The second-order valence-corrected chi connectivity index (χ2v) is 3.93. The second kappa shape index (κ2) is 7.05. The maximum atomic E-state index is 13.1. The van der Waals surface area contributed by atoms with Gasteiger partial charge in [0.25, 0.3) is 0 Å². The summed E-state index contributed by atoms with van der Waals surface area (Å²) < 4.78 is 17.9. The van der Waals surface area contributed by atoms with Crippen molar-refractivity contribution in [2.45, 2.75) is 39.5 Å². The Labute approximate surface area is 102 Å². The molecular formula is C14H19FO2. The van der Waals surface area contributed by atoms with Crippen molar-refractivity contribution in [1.82, 2.24) is 0 Å². The molecule has 0 aliphatic rings. The van der Waals surface area contributed by atoms with Gasteiger partial charge < -0.3 is 4.74 Å². The van der Waals surface area contributed by atoms with Crippen molar-refractivity contribution in [3.8, 4) is 0 Å². The first-order valence-electron chi connectivity index (χ1n) is 6.10. The molecule has 1 rings (SSSR count). The number of rotatable bonds is 6. The maximum absolute atomic E-state index is 13.1. The van der Waals surface area contributed by atoms with Crippen LogP contribution in [-0.4, -0.2) is 12.6 Å². The number of benzene rings is 1. The first-order chi connectivity index (χ1) is 8.17. The molecule has 0 heterocycles. The van der Waals surface area contributed by atoms with Crippen LogP contribution < -0.4 is 0 Å². The molecule has 0 saturated heterocycles. The highest BCUT2D eigenvalue weighted by Crippen LogP contribution is 2.15. The van der Waals surface area contributed by atoms with E-state index in [1.165, 1.54) is 6.07 Å². The molecule has 0 aliphatic heterocycles. The average Bonchev–Trinajstić information content (AvgIpc) is 2.30. The van der Waals surface area contributed by atoms with Gasteiger partial charge >= 0.3 is 5.97 Å². The highest BCUT2D eigenvalue weighted by molar-refractivity contribution is 5.69. The van der Waals surface area contributed by atoms with Gasteiger partial charge in [-0.15, -0.1) is 0 Å². The number of esters is 1. The Kier molecular flexibility index (Phi) is 5.67. The van der Waals surface area contributed by atoms with Gasteiger partial charge in [0.15, 0.2) is 0 Å². The van der Waals surface area contributed by atoms with Crippen molar-refractivity contribution in [2.24, 2.45) is 0 Å². The first kappa shape index (κ1) is 13.7. The molecule has 2 nitrogen and oxygen atoms in total. The standard InChI is InChI=1S/C14H19FO2/c1-3-11-8-9-13(15)10-12(11)6-5-7-14(16)17-4-2/h8-10H,3-7H2,1-2H3. The lowest BCUT2D eigenvalue weighted by atomic mass is 10.00. The Morgan fingerprint density at radius 2 is 2.06 bits per heavy atom. The van der Waals surface area contributed by atoms with Gasteiger partial charge in [-0.05, 0) is 49.4 Å². The van der Waals surface area contributed by atoms with Crippen LogP contribution in [0.4, 0.5) is 4.39 Å². The third-order valence-corrected chi connectivity index (χ3v) is 2.68. The Balaban J connectivity index is 2.50. The van der Waals surface area contributed by atoms with E-state index in [0.717, 1.165) is 24.0 Å². The van der Waals surface area contributed by atoms with Gasteiger partial charge in [-0.3, -0.25) is 4.79 Å². The molecule has 1 aromatic rings. The molecule has 1 aromatic carbocycles. The van der Waals surface area contributed by atoms with Crippen LogP contribution in [0.3, 0.4) is 0 Å². The molecule has 0 radical (unpaired) electrons. The Morgan fingerprint density at radius 1 is 1.29 bits per heavy atom. The average molecular weight is 238 g/mol. The van der Waals surface area contributed by atoms with Crippen molar-refractivity contribution in [2.75, 3.05) is 6.61 Å². The van der Waals surface area contributed by atoms with Crippen molar-refractivity contribution in [1.29, 1.82) is 0 Å². The Hall–Kier alpha value is -1.38. The second-order valence-electron chi connectivity index (χ2n) is 3.93. The van der Waals surface area contributed by atoms with Crippen LogP contribution in [0.25, 0.3) is 0 Å². The molecule has 0 amide bonds. The first-order valence-corrected chi connectivity index (χ1v) is 6.10. The van der Waals surface area contributed by atoms with E-state index >= 15 is 0 Å². The van der Waals surface area contributed by atoms with Crippen molar-refractivity contribution < 1.29 is 13.9 Å². The fourth-order valence-electron chi connectivity index (χ4n) is 1.83. The molecule has 0 fully saturated rings. The predicted octanol–water partition coefficient (Wildman–Crippen LogP) is 3.27. The summed E-state index contributed by atoms with van der Waals surface area (Å²) in [6.07, 6.45) is 2.71. The van der Waals surface area contributed by atoms with Gasteiger partial charge in [0.1, 0.15) is 5.82 Å². The van der Waals surface area contributed by atoms with Crippen molar-refractivity contribution in [3.05, 3.63) is 35.1 Å². The molecule has 0 spiro atoms. The molecule has 0 unspecified atom stereocenters. The topological polar surface area (TPSA) is 26.3 Å². The summed E-state index contributed by atoms with van der Waals surface area (Å²) in [6, 6.07) is 4.85. The van der Waals surface area contributed by atoms with Crippen LogP contribution in [0.5, 0.6) is 0 Å². The molecule has 0 bridgehead atoms. The van der Waals surface area contributed by atoms with E-state index in [9.17, 15) is 9.18 Å². The van der Waals surface area contributed by atoms with Crippen molar-refractivity contribution in [3.63, 3.8) is 0 Å². The van der Waals surface area contributed by atoms with E-state index < -0.39 is 0 Å². The van der Waals surface area contributed by atoms with Gasteiger partial charge in [-0.25, -0.2) is 4.39 Å². The fourth-order valence-corrected chi connectivity index (χ4v) is 1.83. The minimum absolute atomic E-state index is 0.179. The lowest BCUT2D eigenvalue weighted by Crippen LogP contribution is -2.04. The van der Waals surface area contributed by atoms with E-state index in [2.05, 4.69) is 0 Å². The number of halogens is 1. The van der Waals surface area contributed by atoms with Gasteiger partial charge in [0, 0.05) is 6.42 Å². The van der Waals surface area contributed by atoms with Crippen LogP contribution in [0.1, 0.15) is 37.8 Å². The smallest absolute Gasteiger partial charge is 0.305 e. The zero-order valence-corrected chi connectivity index (χ0v) is 10.5. The summed E-state index contributed by atoms with van der Waals surface area (Å²) >= 11 is 0. The van der Waals surface area contributed by atoms with E-state index in [1.54, 1.807) is 13.0 Å². The summed E-state index contributed by atoms with van der Waals surface area (Å²) in [4.78, 5) is 11.2. The number of hydrogen-bond acceptors (Lipinski definition) is 2. The molecule has 94 valence electrons. The third kappa shape index (κ3) is 4.55. The number of carbonyl (C=O) groups is 1. The summed E-state index contributed by atoms with van der Waals surface area (Å²) in [7, 11) is 0. The minimum atomic E-state index is -0.215. The highest BCUT2D eigenvalue weighted by atomic mass is 19.1. The maximum Gasteiger partial charge on any atom is 0.305 e. The zero-order chi connectivity index (χ0) is 12.7. The zero-order valence-electron chi connectivity index (χ0n) is 10.5. The predicted molar refractivity (Wildman–Crippen MR) is 65.3 cm³/mol. The third-order valence-electron chi connectivity index (χ3n) is 2.68. The molecular weight excluding hydrogens is 219 g/mol. The lowest BCUT2D eigenvalue weighted by molar-refractivity contribution is -0.143. The largest absolute Gasteiger partial charge is 0.466 e. The van der Waals surface area contributed by atoms with E-state index in [-0.39, 0.29) is 11.8 Å². The Morgan fingerprint density at radius 3 is 2.71 bits per heavy atom. The van der Waals surface area contributed by atoms with Crippen molar-refractivity contribution >= 4 is 5.97 Å². The van der Waals surface area contributed by atoms with Gasteiger partial charge in [-0.1, -0.05) is 13.0 Å². The van der Waals surface area contributed by atoms with Gasteiger partial charge in [0.05, 0.1) is 6.61 Å². The van der Waals surface area contributed by atoms with Crippen LogP contribution in [-0.2, 0) is 22.4 Å². The molecule has 17 heavy (non-hydrogen) atoms. The van der Waals surface area contributed by atoms with E-state index in [0.29, 0.717) is 19.4 Å². The van der Waals surface area contributed by atoms with Crippen LogP contribution in [0, 0.1) is 5.82 Å². The summed E-state index contributed by atoms with van der Waals surface area (Å²) in [5.74, 6) is -0.393. The SMILES string of the molecule is CCOC(=O)CCCc1cc(F)ccc1CC. The number of aryl methyl sites for hydroxylation is 2. The van der Waals surface area contributed by atoms with Gasteiger partial charge in [0.2, 0.25) is 0 Å². The molecule has 0 aliphatic carbocycles. The summed E-state index contributed by atoms with van der Waals surface area (Å²) in [5, 5.41) is 0. The minimum Gasteiger partial charge on any atom is -0.466 e. The highest BCUT2D eigenvalue weighted by Gasteiger charge is 2.05. The quantitative estimate of drug-likeness (QED) is 0.711. The molecule has 0 N–H and O–H groups in total. The lowest BCUT2D eigenvalue weighted by Gasteiger charge is -2.07. The molecule has 3 heteroatoms. The Bertz CT molecular complexity index is 374. The van der Waals surface area contributed by atoms with Gasteiger partial charge in [-0.2, -0.15) is 0 Å². The molecule has 0 aromatic heterocycles. The molecule has 0 saturated carbocycles. The van der Waals surface area contributed by atoms with Crippen LogP contribution in [0.2, 0.25) is 0 Å². The number of hydrogen-bond donors (Lipinski definition) is 0. The van der Waals surface area contributed by atoms with Crippen LogP contribution in [0.15, 0.2) is 18.2 Å². The van der Waals surface area contributed by atoms with E-state index in [4.69, 9.17) is 4.74 Å².